The molecule has 0 saturated carbocycles. The van der Waals surface area contributed by atoms with E-state index in [0.29, 0.717) is 13.1 Å². The van der Waals surface area contributed by atoms with Crippen LogP contribution in [0.2, 0.25) is 0 Å². The molecule has 0 aromatic rings. The quantitative estimate of drug-likeness (QED) is 0.634. The van der Waals surface area contributed by atoms with Crippen molar-refractivity contribution >= 4 is 5.91 Å². The highest BCUT2D eigenvalue weighted by Gasteiger charge is 2.18. The van der Waals surface area contributed by atoms with Crippen LogP contribution in [0.1, 0.15) is 26.2 Å². The van der Waals surface area contributed by atoms with E-state index < -0.39 is 0 Å². The number of nitrogens with zero attached hydrogens (tertiary/aromatic N) is 1. The topological polar surface area (TPSA) is 44.4 Å². The van der Waals surface area contributed by atoms with Gasteiger partial charge in [-0.25, -0.2) is 0 Å². The molecule has 104 valence electrons. The predicted octanol–water partition coefficient (Wildman–Crippen LogP) is 1.00. The van der Waals surface area contributed by atoms with E-state index in [0.717, 1.165) is 38.5 Å². The van der Waals surface area contributed by atoms with Gasteiger partial charge in [-0.1, -0.05) is 13.0 Å². The lowest BCUT2D eigenvalue weighted by molar-refractivity contribution is -0.122. The highest BCUT2D eigenvalue weighted by Crippen LogP contribution is 2.13. The molecule has 0 aromatic heterocycles. The van der Waals surface area contributed by atoms with Crippen molar-refractivity contribution < 1.29 is 4.79 Å². The number of hydrogen-bond acceptors (Lipinski definition) is 3. The molecule has 0 aliphatic carbocycles. The molecule has 0 unspecified atom stereocenters. The van der Waals surface area contributed by atoms with Gasteiger partial charge in [0.2, 0.25) is 5.91 Å². The largest absolute Gasteiger partial charge is 0.352 e. The zero-order valence-corrected chi connectivity index (χ0v) is 11.6. The van der Waals surface area contributed by atoms with E-state index in [4.69, 9.17) is 0 Å². The van der Waals surface area contributed by atoms with Gasteiger partial charge in [-0.2, -0.15) is 0 Å². The summed E-state index contributed by atoms with van der Waals surface area (Å²) in [6.45, 7) is 11.1. The van der Waals surface area contributed by atoms with E-state index in [1.54, 1.807) is 6.08 Å². The molecule has 0 spiro atoms. The van der Waals surface area contributed by atoms with Gasteiger partial charge < -0.3 is 10.6 Å². The first kappa shape index (κ1) is 15.2. The molecule has 1 amide bonds. The number of piperidine rings is 1. The first-order chi connectivity index (χ1) is 8.76. The molecule has 0 atom stereocenters. The molecule has 1 rings (SSSR count). The molecule has 2 N–H and O–H groups in total. The van der Waals surface area contributed by atoms with Crippen LogP contribution in [0.3, 0.4) is 0 Å². The van der Waals surface area contributed by atoms with Crippen molar-refractivity contribution in [2.24, 2.45) is 5.92 Å². The molecule has 1 aliphatic heterocycles. The van der Waals surface area contributed by atoms with Crippen molar-refractivity contribution in [2.45, 2.75) is 26.2 Å². The van der Waals surface area contributed by atoms with Crippen LogP contribution in [0.15, 0.2) is 12.7 Å². The minimum Gasteiger partial charge on any atom is -0.352 e. The Hall–Kier alpha value is -0.870. The van der Waals surface area contributed by atoms with Gasteiger partial charge in [0.15, 0.2) is 0 Å². The predicted molar refractivity (Wildman–Crippen MR) is 75.5 cm³/mol. The zero-order valence-electron chi connectivity index (χ0n) is 11.6. The lowest BCUT2D eigenvalue weighted by Gasteiger charge is -2.29. The molecule has 0 aromatic carbocycles. The Morgan fingerprint density at radius 1 is 1.50 bits per heavy atom. The Morgan fingerprint density at radius 3 is 2.83 bits per heavy atom. The lowest BCUT2D eigenvalue weighted by atomic mass is 9.97. The molecule has 1 fully saturated rings. The Morgan fingerprint density at radius 2 is 2.22 bits per heavy atom. The molecule has 4 nitrogen and oxygen atoms in total. The van der Waals surface area contributed by atoms with Crippen molar-refractivity contribution in [3.05, 3.63) is 12.7 Å². The van der Waals surface area contributed by atoms with E-state index >= 15 is 0 Å². The van der Waals surface area contributed by atoms with Crippen molar-refractivity contribution in [1.29, 1.82) is 0 Å². The average Bonchev–Trinajstić information content (AvgIpc) is 2.38. The van der Waals surface area contributed by atoms with E-state index in [1.165, 1.54) is 12.8 Å². The molecule has 1 heterocycles. The van der Waals surface area contributed by atoms with E-state index in [-0.39, 0.29) is 5.91 Å². The molecule has 18 heavy (non-hydrogen) atoms. The van der Waals surface area contributed by atoms with E-state index in [1.807, 2.05) is 0 Å². The standard InChI is InChI=1S/C14H27N3O/c1-3-7-16-14(18)12-17(10-4-2)11-13-5-8-15-9-6-13/h3,13,15H,1,4-12H2,2H3,(H,16,18). The number of nitrogens with one attached hydrogen (secondary N) is 2. The molecule has 4 heteroatoms. The lowest BCUT2D eigenvalue weighted by Crippen LogP contribution is -2.42. The summed E-state index contributed by atoms with van der Waals surface area (Å²) >= 11 is 0. The summed E-state index contributed by atoms with van der Waals surface area (Å²) in [7, 11) is 0. The molecule has 0 bridgehead atoms. The SMILES string of the molecule is C=CCNC(=O)CN(CCC)CC1CCNCC1. The second-order valence-corrected chi connectivity index (χ2v) is 5.02. The maximum atomic E-state index is 11.7. The van der Waals surface area contributed by atoms with Gasteiger partial charge in [-0.15, -0.1) is 6.58 Å². The first-order valence-corrected chi connectivity index (χ1v) is 7.07. The van der Waals surface area contributed by atoms with E-state index in [2.05, 4.69) is 29.0 Å². The second-order valence-electron chi connectivity index (χ2n) is 5.02. The van der Waals surface area contributed by atoms with Gasteiger partial charge >= 0.3 is 0 Å². The van der Waals surface area contributed by atoms with Crippen molar-refractivity contribution in [2.75, 3.05) is 39.3 Å². The summed E-state index contributed by atoms with van der Waals surface area (Å²) < 4.78 is 0. The summed E-state index contributed by atoms with van der Waals surface area (Å²) in [4.78, 5) is 14.0. The third kappa shape index (κ3) is 6.17. The molecule has 1 aliphatic rings. The number of hydrogen-bond donors (Lipinski definition) is 2. The van der Waals surface area contributed by atoms with Crippen LogP contribution < -0.4 is 10.6 Å². The molecular weight excluding hydrogens is 226 g/mol. The summed E-state index contributed by atoms with van der Waals surface area (Å²) in [5, 5.41) is 6.23. The number of rotatable bonds is 8. The summed E-state index contributed by atoms with van der Waals surface area (Å²) in [5.74, 6) is 0.849. The van der Waals surface area contributed by atoms with Crippen LogP contribution in [0.4, 0.5) is 0 Å². The Bertz CT molecular complexity index is 249. The molecule has 0 radical (unpaired) electrons. The van der Waals surface area contributed by atoms with Gasteiger partial charge in [0, 0.05) is 13.1 Å². The number of carbonyl (C=O) groups excluding carboxylic acids is 1. The maximum Gasteiger partial charge on any atom is 0.234 e. The fourth-order valence-electron chi connectivity index (χ4n) is 2.43. The highest BCUT2D eigenvalue weighted by atomic mass is 16.2. The third-order valence-electron chi connectivity index (χ3n) is 3.33. The maximum absolute atomic E-state index is 11.7. The van der Waals surface area contributed by atoms with Crippen LogP contribution >= 0.6 is 0 Å². The Labute approximate surface area is 111 Å². The van der Waals surface area contributed by atoms with Crippen LogP contribution in [0, 0.1) is 5.92 Å². The van der Waals surface area contributed by atoms with Crippen LogP contribution in [0.25, 0.3) is 0 Å². The van der Waals surface area contributed by atoms with Gasteiger partial charge in [0.1, 0.15) is 0 Å². The van der Waals surface area contributed by atoms with Crippen LogP contribution in [-0.2, 0) is 4.79 Å². The summed E-state index contributed by atoms with van der Waals surface area (Å²) in [6.07, 6.45) is 5.28. The van der Waals surface area contributed by atoms with Crippen LogP contribution in [0.5, 0.6) is 0 Å². The van der Waals surface area contributed by atoms with Gasteiger partial charge in [0.25, 0.3) is 0 Å². The van der Waals surface area contributed by atoms with Gasteiger partial charge in [-0.3, -0.25) is 9.69 Å². The van der Waals surface area contributed by atoms with Gasteiger partial charge in [-0.05, 0) is 44.8 Å². The second kappa shape index (κ2) is 9.11. The third-order valence-corrected chi connectivity index (χ3v) is 3.33. The highest BCUT2D eigenvalue weighted by molar-refractivity contribution is 5.78. The smallest absolute Gasteiger partial charge is 0.234 e. The number of carbonyl (C=O) groups is 1. The monoisotopic (exact) mass is 253 g/mol. The fraction of sp³-hybridized carbons (Fsp3) is 0.786. The Kier molecular flexibility index (Phi) is 7.69. The summed E-state index contributed by atoms with van der Waals surface area (Å²) in [6, 6.07) is 0. The van der Waals surface area contributed by atoms with E-state index in [9.17, 15) is 4.79 Å². The van der Waals surface area contributed by atoms with Crippen molar-refractivity contribution in [3.8, 4) is 0 Å². The molecular formula is C14H27N3O. The van der Waals surface area contributed by atoms with Crippen molar-refractivity contribution in [1.82, 2.24) is 15.5 Å². The fourth-order valence-corrected chi connectivity index (χ4v) is 2.43. The minimum absolute atomic E-state index is 0.109. The molecule has 1 saturated heterocycles. The normalized spacial score (nSPS) is 16.8. The van der Waals surface area contributed by atoms with Gasteiger partial charge in [0.05, 0.1) is 6.54 Å². The minimum atomic E-state index is 0.109. The van der Waals surface area contributed by atoms with Crippen LogP contribution in [-0.4, -0.2) is 50.1 Å². The first-order valence-electron chi connectivity index (χ1n) is 7.07. The zero-order chi connectivity index (χ0) is 13.2. The Balaban J connectivity index is 2.32. The van der Waals surface area contributed by atoms with Crippen molar-refractivity contribution in [3.63, 3.8) is 0 Å². The average molecular weight is 253 g/mol. The number of amides is 1. The summed E-state index contributed by atoms with van der Waals surface area (Å²) in [5.41, 5.74) is 0.